The Morgan fingerprint density at radius 2 is 1.60 bits per heavy atom. The summed E-state index contributed by atoms with van der Waals surface area (Å²) in [4.78, 5) is 58.8. The predicted octanol–water partition coefficient (Wildman–Crippen LogP) is 1.34. The number of imide groups is 1. The maximum Gasteiger partial charge on any atom is 0.333 e. The average Bonchev–Trinajstić information content (AvgIpc) is 3.58. The molecule has 4 rings (SSSR count). The highest BCUT2D eigenvalue weighted by Crippen LogP contribution is 2.27. The topological polar surface area (TPSA) is 240 Å². The van der Waals surface area contributed by atoms with E-state index in [1.807, 2.05) is 0 Å². The molecule has 19 heteroatoms. The van der Waals surface area contributed by atoms with Crippen molar-refractivity contribution in [1.29, 1.82) is 0 Å². The molecule has 0 atom stereocenters. The Bertz CT molecular complexity index is 1840. The first-order valence-electron chi connectivity index (χ1n) is 15.1. The van der Waals surface area contributed by atoms with E-state index in [2.05, 4.69) is 10.3 Å². The molecule has 0 unspecified atom stereocenters. The van der Waals surface area contributed by atoms with E-state index in [9.17, 15) is 45.1 Å². The number of hydrogen-bond acceptors (Lipinski definition) is 13. The van der Waals surface area contributed by atoms with Gasteiger partial charge < -0.3 is 23.7 Å². The molecule has 2 aromatic heterocycles. The highest BCUT2D eigenvalue weighted by Gasteiger charge is 2.32. The van der Waals surface area contributed by atoms with Crippen LogP contribution in [0.25, 0.3) is 22.6 Å². The highest BCUT2D eigenvalue weighted by atomic mass is 32.2. The fraction of sp³-hybridized carbons (Fsp3) is 0.448. The van der Waals surface area contributed by atoms with Crippen molar-refractivity contribution < 1.29 is 58.9 Å². The number of nitrogens with one attached hydrogen (secondary N) is 1. The minimum absolute atomic E-state index is 0.00255. The van der Waals surface area contributed by atoms with E-state index in [1.54, 1.807) is 47.3 Å². The van der Waals surface area contributed by atoms with Gasteiger partial charge in [0.2, 0.25) is 5.89 Å². The van der Waals surface area contributed by atoms with Crippen molar-refractivity contribution in [2.75, 3.05) is 29.5 Å². The Morgan fingerprint density at radius 3 is 2.27 bits per heavy atom. The van der Waals surface area contributed by atoms with Gasteiger partial charge in [-0.25, -0.2) is 36.0 Å². The molecule has 1 saturated heterocycles. The van der Waals surface area contributed by atoms with Crippen LogP contribution in [0.1, 0.15) is 51.4 Å². The number of carbonyl (C=O) groups is 4. The van der Waals surface area contributed by atoms with Crippen LogP contribution in [0.4, 0.5) is 10.5 Å². The van der Waals surface area contributed by atoms with Gasteiger partial charge >= 0.3 is 12.0 Å². The zero-order valence-corrected chi connectivity index (χ0v) is 27.4. The van der Waals surface area contributed by atoms with Crippen LogP contribution in [0.2, 0.25) is 0 Å². The summed E-state index contributed by atoms with van der Waals surface area (Å²) in [6.45, 7) is 0.443. The summed E-state index contributed by atoms with van der Waals surface area (Å²) in [5, 5.41) is 3.23. The number of urea groups is 1. The summed E-state index contributed by atoms with van der Waals surface area (Å²) >= 11 is 0. The molecule has 1 fully saturated rings. The number of hydrogen-bond donors (Lipinski definition) is 1. The molecule has 0 saturated carbocycles. The van der Waals surface area contributed by atoms with Crippen molar-refractivity contribution >= 4 is 60.8 Å². The third-order valence-corrected chi connectivity index (χ3v) is 8.76. The molecule has 4 amide bonds. The number of anilines is 1. The molecule has 0 radical (unpaired) electrons. The third kappa shape index (κ3) is 11.1. The quantitative estimate of drug-likeness (QED) is 0.0902. The first-order chi connectivity index (χ1) is 22.7. The molecular weight excluding hydrogens is 674 g/mol. The van der Waals surface area contributed by atoms with Crippen molar-refractivity contribution in [3.63, 3.8) is 0 Å². The second kappa shape index (κ2) is 16.1. The lowest BCUT2D eigenvalue weighted by molar-refractivity contribution is -0.696. The van der Waals surface area contributed by atoms with Gasteiger partial charge in [-0.2, -0.15) is 0 Å². The molecule has 0 bridgehead atoms. The second-order valence-corrected chi connectivity index (χ2v) is 14.0. The normalized spacial score (nSPS) is 13.7. The van der Waals surface area contributed by atoms with Gasteiger partial charge in [-0.3, -0.25) is 14.5 Å². The van der Waals surface area contributed by atoms with Gasteiger partial charge in [0, 0.05) is 79.7 Å². The molecule has 0 spiro atoms. The summed E-state index contributed by atoms with van der Waals surface area (Å²) < 4.78 is 73.7. The van der Waals surface area contributed by atoms with E-state index in [1.165, 1.54) is 4.90 Å². The first-order valence-corrected chi connectivity index (χ1v) is 18.2. The Labute approximate surface area is 276 Å². The zero-order valence-electron chi connectivity index (χ0n) is 25.7. The molecule has 1 aliphatic rings. The summed E-state index contributed by atoms with van der Waals surface area (Å²) in [5.74, 6) is -2.70. The van der Waals surface area contributed by atoms with Gasteiger partial charge in [0.15, 0.2) is 18.0 Å². The number of fused-ring (bicyclic) bond motifs is 1. The molecule has 17 nitrogen and oxygen atoms in total. The van der Waals surface area contributed by atoms with E-state index in [4.69, 9.17) is 9.25 Å². The first kappa shape index (κ1) is 36.4. The number of oxazole rings is 1. The minimum Gasteiger partial charge on any atom is -0.748 e. The predicted molar refractivity (Wildman–Crippen MR) is 164 cm³/mol. The summed E-state index contributed by atoms with van der Waals surface area (Å²) in [6.07, 6.45) is 4.77. The molecule has 260 valence electrons. The maximum absolute atomic E-state index is 13.2. The van der Waals surface area contributed by atoms with Crippen LogP contribution < -0.4 is 14.8 Å². The summed E-state index contributed by atoms with van der Waals surface area (Å²) in [7, 11) is -8.80. The fourth-order valence-corrected chi connectivity index (χ4v) is 5.76. The zero-order chi connectivity index (χ0) is 34.9. The highest BCUT2D eigenvalue weighted by molar-refractivity contribution is 7.85. The van der Waals surface area contributed by atoms with Crippen LogP contribution in [0.5, 0.6) is 0 Å². The van der Waals surface area contributed by atoms with E-state index in [0.29, 0.717) is 53.2 Å². The Kier molecular flexibility index (Phi) is 12.2. The Hall–Kier alpha value is -4.46. The van der Waals surface area contributed by atoms with Gasteiger partial charge in [0.05, 0.1) is 20.2 Å². The lowest BCUT2D eigenvalue weighted by atomic mass is 10.2. The number of benzene rings is 1. The van der Waals surface area contributed by atoms with Crippen molar-refractivity contribution in [3.8, 4) is 11.5 Å². The monoisotopic (exact) mass is 708 g/mol. The largest absolute Gasteiger partial charge is 0.748 e. The van der Waals surface area contributed by atoms with Gasteiger partial charge in [0.25, 0.3) is 11.8 Å². The SMILES string of the molecule is O=C(CCCCCNC(=O)N(CCCS(=O)(=O)[O-])c1ccc2nc(-c3cc[n+](CCCS(=O)(=O)[O-])cc3)oc2c1)ON1C(=O)CCC1=O. The number of carbonyl (C=O) groups excluding carboxylic acids is 4. The van der Waals surface area contributed by atoms with Crippen molar-refractivity contribution in [2.24, 2.45) is 0 Å². The number of nitrogens with zero attached hydrogens (tertiary/aromatic N) is 4. The molecular formula is C29H34N5O12S2-. The van der Waals surface area contributed by atoms with Crippen molar-refractivity contribution in [1.82, 2.24) is 15.4 Å². The van der Waals surface area contributed by atoms with E-state index in [0.717, 1.165) is 0 Å². The lowest BCUT2D eigenvalue weighted by Gasteiger charge is -2.23. The molecule has 1 aliphatic heterocycles. The van der Waals surface area contributed by atoms with E-state index in [-0.39, 0.29) is 51.1 Å². The smallest absolute Gasteiger partial charge is 0.333 e. The van der Waals surface area contributed by atoms with Gasteiger partial charge in [-0.05, 0) is 31.4 Å². The minimum atomic E-state index is -4.51. The number of unbranched alkanes of at least 4 members (excludes halogenated alkanes) is 2. The van der Waals surface area contributed by atoms with Gasteiger partial charge in [0.1, 0.15) is 12.1 Å². The van der Waals surface area contributed by atoms with Crippen LogP contribution in [-0.2, 0) is 46.0 Å². The van der Waals surface area contributed by atoms with Crippen LogP contribution >= 0.6 is 0 Å². The van der Waals surface area contributed by atoms with Crippen LogP contribution in [0.3, 0.4) is 0 Å². The molecule has 1 N–H and O–H groups in total. The standard InChI is InChI=1S/C29H35N5O12S2/c35-25-9-10-26(36)34(25)46-27(37)6-2-1-3-13-30-29(38)33(15-5-19-48(42,43)44)22-7-8-23-24(20-22)45-28(31-23)21-11-16-32(17-12-21)14-4-18-47(39,40)41/h7-8,11-12,16-17,20H,1-6,9-10,13-15,18-19H2,(H2-,30,38,39,40,41,42,43,44)/p-1. The lowest BCUT2D eigenvalue weighted by Crippen LogP contribution is -2.41. The second-order valence-electron chi connectivity index (χ2n) is 11.0. The van der Waals surface area contributed by atoms with Crippen molar-refractivity contribution in [3.05, 3.63) is 42.7 Å². The molecule has 48 heavy (non-hydrogen) atoms. The fourth-order valence-electron chi connectivity index (χ4n) is 4.79. The Morgan fingerprint density at radius 1 is 0.938 bits per heavy atom. The summed E-state index contributed by atoms with van der Waals surface area (Å²) in [6, 6.07) is 7.64. The molecule has 3 aromatic rings. The van der Waals surface area contributed by atoms with Crippen molar-refractivity contribution in [2.45, 2.75) is 57.9 Å². The number of hydroxylamine groups is 2. The molecule has 1 aromatic carbocycles. The van der Waals surface area contributed by atoms with Crippen LogP contribution in [-0.4, -0.2) is 84.4 Å². The maximum atomic E-state index is 13.2. The van der Waals surface area contributed by atoms with Gasteiger partial charge in [-0.15, -0.1) is 5.06 Å². The summed E-state index contributed by atoms with van der Waals surface area (Å²) in [5.41, 5.74) is 1.78. The van der Waals surface area contributed by atoms with E-state index >= 15 is 0 Å². The number of amides is 4. The molecule has 3 heterocycles. The van der Waals surface area contributed by atoms with Crippen LogP contribution in [0.15, 0.2) is 47.1 Å². The Balaban J connectivity index is 1.34. The van der Waals surface area contributed by atoms with Crippen LogP contribution in [0, 0.1) is 0 Å². The van der Waals surface area contributed by atoms with Gasteiger partial charge in [-0.1, -0.05) is 6.42 Å². The molecule has 0 aliphatic carbocycles. The third-order valence-electron chi connectivity index (χ3n) is 7.19. The van der Waals surface area contributed by atoms with E-state index < -0.39 is 55.6 Å². The number of aryl methyl sites for hydroxylation is 1. The average molecular weight is 709 g/mol. The number of aromatic nitrogens is 2. The number of pyridine rings is 1. The number of rotatable bonds is 17.